The van der Waals surface area contributed by atoms with Gasteiger partial charge in [0.1, 0.15) is 12.2 Å². The molecule has 0 saturated heterocycles. The van der Waals surface area contributed by atoms with Gasteiger partial charge in [0.15, 0.2) is 5.96 Å². The molecule has 0 aliphatic heterocycles. The van der Waals surface area contributed by atoms with E-state index in [0.717, 1.165) is 61.5 Å². The number of aliphatic imine (C=N–C) groups is 1. The van der Waals surface area contributed by atoms with Gasteiger partial charge in [0.25, 0.3) is 0 Å². The molecule has 1 aromatic carbocycles. The van der Waals surface area contributed by atoms with Gasteiger partial charge in [0.05, 0.1) is 6.04 Å². The molecule has 0 radical (unpaired) electrons. The molecule has 0 aliphatic rings. The largest absolute Gasteiger partial charge is 0.382 e. The lowest BCUT2D eigenvalue weighted by atomic mass is 10.1. The van der Waals surface area contributed by atoms with Gasteiger partial charge in [0, 0.05) is 44.3 Å². The summed E-state index contributed by atoms with van der Waals surface area (Å²) < 4.78 is 7.45. The Bertz CT molecular complexity index is 722. The number of halogens is 2. The molecule has 0 fully saturated rings. The van der Waals surface area contributed by atoms with Crippen molar-refractivity contribution in [1.29, 1.82) is 0 Å². The molecule has 0 aliphatic carbocycles. The Hall–Kier alpha value is -1.39. The van der Waals surface area contributed by atoms with Crippen molar-refractivity contribution in [2.45, 2.75) is 46.2 Å². The third-order valence-electron chi connectivity index (χ3n) is 4.30. The van der Waals surface area contributed by atoms with Crippen LogP contribution in [0.15, 0.2) is 35.6 Å². The summed E-state index contributed by atoms with van der Waals surface area (Å²) in [5, 5.41) is 15.7. The first-order chi connectivity index (χ1) is 13.6. The number of ether oxygens (including phenoxy) is 1. The van der Waals surface area contributed by atoms with Crippen molar-refractivity contribution in [2.24, 2.45) is 4.99 Å². The second kappa shape index (κ2) is 14.6. The Morgan fingerprint density at radius 2 is 2.03 bits per heavy atom. The van der Waals surface area contributed by atoms with E-state index in [-0.39, 0.29) is 30.0 Å². The highest BCUT2D eigenvalue weighted by atomic mass is 127. The molecular weight excluding hydrogens is 503 g/mol. The normalized spacial score (nSPS) is 12.3. The van der Waals surface area contributed by atoms with Crippen molar-refractivity contribution in [3.63, 3.8) is 0 Å². The molecule has 1 atom stereocenters. The van der Waals surface area contributed by atoms with E-state index in [4.69, 9.17) is 16.3 Å². The van der Waals surface area contributed by atoms with Crippen LogP contribution in [0.1, 0.15) is 44.6 Å². The Morgan fingerprint density at radius 3 is 2.72 bits per heavy atom. The topological polar surface area (TPSA) is 76.4 Å². The molecule has 162 valence electrons. The minimum atomic E-state index is 0. The number of benzene rings is 1. The van der Waals surface area contributed by atoms with E-state index in [0.29, 0.717) is 6.54 Å². The van der Waals surface area contributed by atoms with E-state index in [2.05, 4.69) is 44.2 Å². The Balaban J connectivity index is 0.00000420. The molecule has 1 aromatic heterocycles. The van der Waals surface area contributed by atoms with Gasteiger partial charge in [-0.25, -0.2) is 0 Å². The maximum atomic E-state index is 5.99. The quantitative estimate of drug-likeness (QED) is 0.198. The summed E-state index contributed by atoms with van der Waals surface area (Å²) in [6, 6.07) is 7.96. The fraction of sp³-hybridized carbons (Fsp3) is 0.550. The number of nitrogens with zero attached hydrogens (tertiary/aromatic N) is 4. The first-order valence-electron chi connectivity index (χ1n) is 9.88. The smallest absolute Gasteiger partial charge is 0.191 e. The van der Waals surface area contributed by atoms with E-state index < -0.39 is 0 Å². The van der Waals surface area contributed by atoms with Crippen LogP contribution >= 0.6 is 35.6 Å². The van der Waals surface area contributed by atoms with E-state index >= 15 is 0 Å². The zero-order valence-corrected chi connectivity index (χ0v) is 20.5. The number of guanidine groups is 1. The Morgan fingerprint density at radius 1 is 1.28 bits per heavy atom. The van der Waals surface area contributed by atoms with Crippen molar-refractivity contribution in [2.75, 3.05) is 26.3 Å². The molecule has 1 unspecified atom stereocenters. The molecule has 0 bridgehead atoms. The summed E-state index contributed by atoms with van der Waals surface area (Å²) in [4.78, 5) is 4.69. The number of hydrogen-bond donors (Lipinski definition) is 2. The van der Waals surface area contributed by atoms with Gasteiger partial charge in [-0.15, -0.1) is 34.2 Å². The third kappa shape index (κ3) is 9.31. The molecule has 2 N–H and O–H groups in total. The number of hydrogen-bond acceptors (Lipinski definition) is 4. The molecule has 0 amide bonds. The van der Waals surface area contributed by atoms with Crippen LogP contribution in [0, 0.1) is 0 Å². The van der Waals surface area contributed by atoms with Gasteiger partial charge in [-0.05, 0) is 38.0 Å². The molecule has 2 rings (SSSR count). The van der Waals surface area contributed by atoms with E-state index in [1.54, 1.807) is 6.33 Å². The lowest BCUT2D eigenvalue weighted by Crippen LogP contribution is -2.40. The van der Waals surface area contributed by atoms with Crippen molar-refractivity contribution in [1.82, 2.24) is 25.4 Å². The number of aryl methyl sites for hydroxylation is 1. The number of aromatic nitrogens is 3. The summed E-state index contributed by atoms with van der Waals surface area (Å²) in [5.41, 5.74) is 1.15. The molecule has 7 nitrogen and oxygen atoms in total. The van der Waals surface area contributed by atoms with E-state index in [1.165, 1.54) is 0 Å². The predicted molar refractivity (Wildman–Crippen MR) is 129 cm³/mol. The van der Waals surface area contributed by atoms with Crippen molar-refractivity contribution in [3.8, 4) is 0 Å². The zero-order chi connectivity index (χ0) is 20.2. The maximum Gasteiger partial charge on any atom is 0.191 e. The van der Waals surface area contributed by atoms with Gasteiger partial charge >= 0.3 is 0 Å². The van der Waals surface area contributed by atoms with Crippen LogP contribution in [0.25, 0.3) is 0 Å². The molecule has 2 aromatic rings. The average molecular weight is 535 g/mol. The zero-order valence-electron chi connectivity index (χ0n) is 17.4. The van der Waals surface area contributed by atoms with Gasteiger partial charge in [-0.3, -0.25) is 4.99 Å². The minimum Gasteiger partial charge on any atom is -0.382 e. The number of nitrogens with one attached hydrogen (secondary N) is 2. The molecule has 9 heteroatoms. The first-order valence-corrected chi connectivity index (χ1v) is 10.3. The van der Waals surface area contributed by atoms with Crippen LogP contribution in [-0.2, 0) is 17.7 Å². The number of rotatable bonds is 11. The molecule has 1 heterocycles. The van der Waals surface area contributed by atoms with Crippen LogP contribution in [-0.4, -0.2) is 47.0 Å². The van der Waals surface area contributed by atoms with E-state index in [1.807, 2.05) is 31.2 Å². The Labute approximate surface area is 195 Å². The second-order valence-corrected chi connectivity index (χ2v) is 6.86. The van der Waals surface area contributed by atoms with Crippen molar-refractivity contribution in [3.05, 3.63) is 47.0 Å². The highest BCUT2D eigenvalue weighted by Gasteiger charge is 2.09. The predicted octanol–water partition coefficient (Wildman–Crippen LogP) is 3.83. The van der Waals surface area contributed by atoms with E-state index in [9.17, 15) is 0 Å². The average Bonchev–Trinajstić information content (AvgIpc) is 3.15. The van der Waals surface area contributed by atoms with Crippen LogP contribution in [0.5, 0.6) is 0 Å². The van der Waals surface area contributed by atoms with Gasteiger partial charge in [-0.1, -0.05) is 30.7 Å². The highest BCUT2D eigenvalue weighted by molar-refractivity contribution is 14.0. The van der Waals surface area contributed by atoms with Crippen LogP contribution in [0.3, 0.4) is 0 Å². The highest BCUT2D eigenvalue weighted by Crippen LogP contribution is 2.15. The summed E-state index contributed by atoms with van der Waals surface area (Å²) in [5.74, 6) is 1.77. The first kappa shape index (κ1) is 25.6. The van der Waals surface area contributed by atoms with Crippen LogP contribution in [0.2, 0.25) is 5.02 Å². The van der Waals surface area contributed by atoms with Crippen molar-refractivity contribution < 1.29 is 4.74 Å². The van der Waals surface area contributed by atoms with Crippen LogP contribution in [0.4, 0.5) is 0 Å². The molecule has 0 spiro atoms. The Kier molecular flexibility index (Phi) is 12.9. The lowest BCUT2D eigenvalue weighted by Gasteiger charge is -2.19. The van der Waals surface area contributed by atoms with Gasteiger partial charge in [0.2, 0.25) is 0 Å². The minimum absolute atomic E-state index is 0. The second-order valence-electron chi connectivity index (χ2n) is 6.42. The van der Waals surface area contributed by atoms with Gasteiger partial charge < -0.3 is 19.9 Å². The van der Waals surface area contributed by atoms with Crippen molar-refractivity contribution >= 4 is 41.5 Å². The SMILES string of the molecule is CCOCCCN=C(NCCn1cnnc1CC)NC(C)c1ccc(Cl)cc1.I. The summed E-state index contributed by atoms with van der Waals surface area (Å²) in [6.45, 7) is 9.86. The summed E-state index contributed by atoms with van der Waals surface area (Å²) in [6.07, 6.45) is 3.52. The lowest BCUT2D eigenvalue weighted by molar-refractivity contribution is 0.146. The fourth-order valence-electron chi connectivity index (χ4n) is 2.73. The third-order valence-corrected chi connectivity index (χ3v) is 4.55. The maximum absolute atomic E-state index is 5.99. The standard InChI is InChI=1S/C20H31ClN6O.HI/c1-4-19-26-24-15-27(19)13-12-23-20(22-11-6-14-28-5-2)25-16(3)17-7-9-18(21)10-8-17;/h7-10,15-16H,4-6,11-14H2,1-3H3,(H2,22,23,25);1H. The van der Waals surface area contributed by atoms with Gasteiger partial charge in [-0.2, -0.15) is 0 Å². The molecule has 29 heavy (non-hydrogen) atoms. The molecular formula is C20H32ClIN6O. The molecule has 0 saturated carbocycles. The summed E-state index contributed by atoms with van der Waals surface area (Å²) in [7, 11) is 0. The van der Waals surface area contributed by atoms with Crippen LogP contribution < -0.4 is 10.6 Å². The fourth-order valence-corrected chi connectivity index (χ4v) is 2.85. The monoisotopic (exact) mass is 534 g/mol. The summed E-state index contributed by atoms with van der Waals surface area (Å²) >= 11 is 5.99.